The quantitative estimate of drug-likeness (QED) is 0.493. The summed E-state index contributed by atoms with van der Waals surface area (Å²) in [7, 11) is 0. The van der Waals surface area contributed by atoms with Crippen molar-refractivity contribution in [3.8, 4) is 0 Å². The van der Waals surface area contributed by atoms with Gasteiger partial charge in [0.15, 0.2) is 0 Å². The summed E-state index contributed by atoms with van der Waals surface area (Å²) in [6.45, 7) is 0. The number of para-hydroxylation sites is 1. The van der Waals surface area contributed by atoms with Crippen molar-refractivity contribution in [3.63, 3.8) is 0 Å². The minimum Gasteiger partial charge on any atom is -0.346 e. The van der Waals surface area contributed by atoms with Crippen LogP contribution < -0.4 is 0 Å². The molecule has 0 aliphatic carbocycles. The number of nitrogens with one attached hydrogen (secondary N) is 1. The van der Waals surface area contributed by atoms with E-state index in [0.29, 0.717) is 0 Å². The molecule has 17 heavy (non-hydrogen) atoms. The number of fused-ring (bicyclic) bond motifs is 4. The van der Waals surface area contributed by atoms with E-state index in [2.05, 4.69) is 27.1 Å². The number of aromatic amines is 1. The van der Waals surface area contributed by atoms with E-state index < -0.39 is 0 Å². The Hall–Kier alpha value is -2.42. The highest BCUT2D eigenvalue weighted by molar-refractivity contribution is 6.07. The lowest BCUT2D eigenvalue weighted by atomic mass is 10.2. The Balaban J connectivity index is 2.28. The smallest absolute Gasteiger partial charge is 0.138 e. The van der Waals surface area contributed by atoms with Crippen LogP contribution >= 0.6 is 0 Å². The minimum atomic E-state index is 0.901. The van der Waals surface area contributed by atoms with E-state index in [1.54, 1.807) is 0 Å². The van der Waals surface area contributed by atoms with Crippen LogP contribution in [0.4, 0.5) is 0 Å². The van der Waals surface area contributed by atoms with Crippen LogP contribution in [-0.4, -0.2) is 15.0 Å². The lowest BCUT2D eigenvalue weighted by molar-refractivity contribution is 1.33. The average Bonchev–Trinajstić information content (AvgIpc) is 2.73. The van der Waals surface area contributed by atoms with Crippen molar-refractivity contribution in [2.24, 2.45) is 0 Å². The Morgan fingerprint density at radius 1 is 0.882 bits per heavy atom. The monoisotopic (exact) mass is 219 g/mol. The van der Waals surface area contributed by atoms with Gasteiger partial charge in [0.2, 0.25) is 0 Å². The molecule has 1 N–H and O–H groups in total. The number of benzene rings is 1. The summed E-state index contributed by atoms with van der Waals surface area (Å²) < 4.78 is 0. The van der Waals surface area contributed by atoms with Gasteiger partial charge in [-0.05, 0) is 24.3 Å². The first-order valence-electron chi connectivity index (χ1n) is 5.54. The van der Waals surface area contributed by atoms with Crippen LogP contribution in [0, 0.1) is 0 Å². The SMILES string of the molecule is c1c[nH]c2nc3c(cc2c1)nc1ccccc13. The molecular formula is C14H9N3. The van der Waals surface area contributed by atoms with Gasteiger partial charge < -0.3 is 4.98 Å². The molecule has 80 valence electrons. The molecule has 0 atom stereocenters. The molecular weight excluding hydrogens is 210 g/mol. The lowest BCUT2D eigenvalue weighted by Crippen LogP contribution is -1.83. The predicted octanol–water partition coefficient (Wildman–Crippen LogP) is 3.26. The zero-order valence-corrected chi connectivity index (χ0v) is 9.01. The van der Waals surface area contributed by atoms with Gasteiger partial charge >= 0.3 is 0 Å². The van der Waals surface area contributed by atoms with Gasteiger partial charge in [0.1, 0.15) is 11.2 Å². The van der Waals surface area contributed by atoms with Crippen molar-refractivity contribution in [1.29, 1.82) is 0 Å². The molecule has 3 heterocycles. The maximum Gasteiger partial charge on any atom is 0.138 e. The maximum atomic E-state index is 4.65. The van der Waals surface area contributed by atoms with E-state index in [0.717, 1.165) is 33.0 Å². The Morgan fingerprint density at radius 3 is 2.82 bits per heavy atom. The van der Waals surface area contributed by atoms with Crippen molar-refractivity contribution < 1.29 is 0 Å². The molecule has 4 rings (SSSR count). The molecule has 1 aromatic carbocycles. The summed E-state index contributed by atoms with van der Waals surface area (Å²) in [6.07, 6.45) is 1.89. The van der Waals surface area contributed by atoms with Crippen molar-refractivity contribution in [3.05, 3.63) is 48.7 Å². The highest BCUT2D eigenvalue weighted by Gasteiger charge is 2.07. The van der Waals surface area contributed by atoms with Crippen molar-refractivity contribution in [1.82, 2.24) is 15.0 Å². The van der Waals surface area contributed by atoms with E-state index in [1.165, 1.54) is 0 Å². The van der Waals surface area contributed by atoms with Gasteiger partial charge in [-0.2, -0.15) is 0 Å². The summed E-state index contributed by atoms with van der Waals surface area (Å²) in [5.41, 5.74) is 3.83. The van der Waals surface area contributed by atoms with Crippen LogP contribution in [0.2, 0.25) is 0 Å². The van der Waals surface area contributed by atoms with E-state index >= 15 is 0 Å². The van der Waals surface area contributed by atoms with E-state index in [9.17, 15) is 0 Å². The highest BCUT2D eigenvalue weighted by Crippen LogP contribution is 2.25. The van der Waals surface area contributed by atoms with Crippen LogP contribution in [-0.2, 0) is 0 Å². The number of rotatable bonds is 0. The van der Waals surface area contributed by atoms with E-state index in [4.69, 9.17) is 0 Å². The van der Waals surface area contributed by atoms with Crippen molar-refractivity contribution in [2.75, 3.05) is 0 Å². The summed E-state index contributed by atoms with van der Waals surface area (Å²) in [6, 6.07) is 14.2. The van der Waals surface area contributed by atoms with Crippen LogP contribution in [0.1, 0.15) is 0 Å². The number of hydrogen-bond acceptors (Lipinski definition) is 2. The van der Waals surface area contributed by atoms with Crippen LogP contribution in [0.5, 0.6) is 0 Å². The van der Waals surface area contributed by atoms with Gasteiger partial charge in [-0.25, -0.2) is 9.97 Å². The van der Waals surface area contributed by atoms with E-state index in [-0.39, 0.29) is 0 Å². The maximum absolute atomic E-state index is 4.65. The molecule has 3 heteroatoms. The first-order chi connectivity index (χ1) is 8.42. The molecule has 3 aromatic heterocycles. The Kier molecular flexibility index (Phi) is 1.56. The largest absolute Gasteiger partial charge is 0.346 e. The van der Waals surface area contributed by atoms with Gasteiger partial charge in [-0.1, -0.05) is 18.2 Å². The van der Waals surface area contributed by atoms with E-state index in [1.807, 2.05) is 36.5 Å². The third kappa shape index (κ3) is 1.16. The standard InChI is InChI=1S/C14H9N3/c1-2-6-11-10(5-1)13-12(16-11)8-9-4-3-7-15-14(9)17-13/h1-8H,(H,15,17). The van der Waals surface area contributed by atoms with Gasteiger partial charge in [-0.3, -0.25) is 0 Å². The Morgan fingerprint density at radius 2 is 1.82 bits per heavy atom. The summed E-state index contributed by atoms with van der Waals surface area (Å²) in [5, 5.41) is 2.20. The van der Waals surface area contributed by atoms with Crippen molar-refractivity contribution in [2.45, 2.75) is 0 Å². The van der Waals surface area contributed by atoms with Crippen LogP contribution in [0.3, 0.4) is 0 Å². The average molecular weight is 219 g/mol. The molecule has 0 unspecified atom stereocenters. The first-order valence-corrected chi connectivity index (χ1v) is 5.54. The van der Waals surface area contributed by atoms with Crippen LogP contribution in [0.15, 0.2) is 48.7 Å². The van der Waals surface area contributed by atoms with Crippen LogP contribution in [0.25, 0.3) is 33.0 Å². The van der Waals surface area contributed by atoms with Gasteiger partial charge in [0, 0.05) is 17.0 Å². The normalized spacial score (nSPS) is 11.5. The lowest BCUT2D eigenvalue weighted by Gasteiger charge is -1.96. The first kappa shape index (κ1) is 8.70. The zero-order chi connectivity index (χ0) is 11.2. The molecule has 4 aromatic rings. The van der Waals surface area contributed by atoms with Gasteiger partial charge in [-0.15, -0.1) is 0 Å². The summed E-state index contributed by atoms with van der Waals surface area (Å²) in [4.78, 5) is 12.4. The minimum absolute atomic E-state index is 0.901. The zero-order valence-electron chi connectivity index (χ0n) is 9.01. The molecule has 0 saturated carbocycles. The third-order valence-corrected chi connectivity index (χ3v) is 3.02. The van der Waals surface area contributed by atoms with Crippen molar-refractivity contribution >= 4 is 33.0 Å². The second-order valence-electron chi connectivity index (χ2n) is 4.09. The number of aromatic nitrogens is 3. The molecule has 0 bridgehead atoms. The summed E-state index contributed by atoms with van der Waals surface area (Å²) in [5.74, 6) is 0. The molecule has 0 saturated heterocycles. The molecule has 0 spiro atoms. The number of H-pyrrole nitrogens is 1. The second kappa shape index (κ2) is 3.04. The topological polar surface area (TPSA) is 41.6 Å². The fourth-order valence-electron chi connectivity index (χ4n) is 2.22. The molecule has 0 fully saturated rings. The number of nitrogens with zero attached hydrogens (tertiary/aromatic N) is 2. The molecule has 0 amide bonds. The number of hydrogen-bond donors (Lipinski definition) is 1. The fraction of sp³-hybridized carbons (Fsp3) is 0. The fourth-order valence-corrected chi connectivity index (χ4v) is 2.22. The highest BCUT2D eigenvalue weighted by atomic mass is 14.9. The molecule has 0 aliphatic heterocycles. The molecule has 0 aliphatic rings. The Labute approximate surface area is 97.1 Å². The van der Waals surface area contributed by atoms with Gasteiger partial charge in [0.25, 0.3) is 0 Å². The summed E-state index contributed by atoms with van der Waals surface area (Å²) >= 11 is 0. The Bertz CT molecular complexity index is 840. The third-order valence-electron chi connectivity index (χ3n) is 3.02. The number of pyridine rings is 2. The predicted molar refractivity (Wildman–Crippen MR) is 68.9 cm³/mol. The second-order valence-corrected chi connectivity index (χ2v) is 4.09. The molecule has 0 radical (unpaired) electrons. The van der Waals surface area contributed by atoms with Gasteiger partial charge in [0.05, 0.1) is 11.0 Å². The molecule has 3 nitrogen and oxygen atoms in total.